The zero-order valence-electron chi connectivity index (χ0n) is 10.5. The van der Waals surface area contributed by atoms with Gasteiger partial charge >= 0.3 is 5.97 Å². The molecule has 2 aromatic rings. The molecule has 1 heterocycles. The van der Waals surface area contributed by atoms with E-state index in [0.717, 1.165) is 5.56 Å². The Labute approximate surface area is 127 Å². The third-order valence-corrected chi connectivity index (χ3v) is 3.94. The molecule has 7 heteroatoms. The van der Waals surface area contributed by atoms with E-state index in [1.54, 1.807) is 11.4 Å². The Kier molecular flexibility index (Phi) is 4.51. The van der Waals surface area contributed by atoms with Crippen LogP contribution in [0.5, 0.6) is 0 Å². The minimum Gasteiger partial charge on any atom is -0.481 e. The predicted octanol–water partition coefficient (Wildman–Crippen LogP) is 3.09. The van der Waals surface area contributed by atoms with Crippen LogP contribution in [0, 0.1) is 6.92 Å². The first kappa shape index (κ1) is 14.7. The second-order valence-corrected chi connectivity index (χ2v) is 5.86. The molecule has 0 unspecified atom stereocenters. The first-order valence-corrected chi connectivity index (χ1v) is 7.36. The molecule has 0 aliphatic carbocycles. The average Bonchev–Trinajstić information content (AvgIpc) is 2.75. The largest absolute Gasteiger partial charge is 0.481 e. The van der Waals surface area contributed by atoms with Crippen LogP contribution in [-0.2, 0) is 11.2 Å². The maximum atomic E-state index is 12.1. The molecule has 2 rings (SSSR count). The summed E-state index contributed by atoms with van der Waals surface area (Å²) in [7, 11) is 0. The molecule has 5 nitrogen and oxygen atoms in total. The lowest BCUT2D eigenvalue weighted by molar-refractivity contribution is -0.136. The maximum Gasteiger partial charge on any atom is 0.309 e. The van der Waals surface area contributed by atoms with Crippen LogP contribution < -0.4 is 5.32 Å². The molecule has 0 atom stereocenters. The van der Waals surface area contributed by atoms with E-state index in [9.17, 15) is 9.59 Å². The highest BCUT2D eigenvalue weighted by atomic mass is 79.9. The van der Waals surface area contributed by atoms with Gasteiger partial charge in [0.05, 0.1) is 17.7 Å². The molecule has 0 spiro atoms. The van der Waals surface area contributed by atoms with Crippen molar-refractivity contribution in [1.29, 1.82) is 0 Å². The van der Waals surface area contributed by atoms with Gasteiger partial charge in [0.25, 0.3) is 5.91 Å². The fraction of sp³-hybridized carbons (Fsp3) is 0.154. The average molecular weight is 355 g/mol. The summed E-state index contributed by atoms with van der Waals surface area (Å²) >= 11 is 4.55. The Bertz CT molecular complexity index is 669. The highest BCUT2D eigenvalue weighted by molar-refractivity contribution is 9.10. The van der Waals surface area contributed by atoms with Gasteiger partial charge in [0.1, 0.15) is 0 Å². The van der Waals surface area contributed by atoms with Crippen molar-refractivity contribution >= 4 is 44.3 Å². The van der Waals surface area contributed by atoms with Crippen molar-refractivity contribution in [2.45, 2.75) is 13.3 Å². The number of carbonyl (C=O) groups excluding carboxylic acids is 1. The molecule has 1 aromatic heterocycles. The molecule has 1 amide bonds. The van der Waals surface area contributed by atoms with E-state index in [2.05, 4.69) is 26.2 Å². The van der Waals surface area contributed by atoms with Crippen molar-refractivity contribution in [2.24, 2.45) is 0 Å². The van der Waals surface area contributed by atoms with Crippen LogP contribution in [0.4, 0.5) is 5.13 Å². The SMILES string of the molecule is Cc1ccc(C(=O)Nc2nc(CC(=O)O)cs2)c(Br)c1. The predicted molar refractivity (Wildman–Crippen MR) is 80.3 cm³/mol. The number of nitrogens with zero attached hydrogens (tertiary/aromatic N) is 1. The van der Waals surface area contributed by atoms with E-state index in [1.165, 1.54) is 11.3 Å². The summed E-state index contributed by atoms with van der Waals surface area (Å²) in [5.41, 5.74) is 1.98. The lowest BCUT2D eigenvalue weighted by Gasteiger charge is -2.05. The summed E-state index contributed by atoms with van der Waals surface area (Å²) in [6.45, 7) is 1.94. The molecule has 104 valence electrons. The summed E-state index contributed by atoms with van der Waals surface area (Å²) < 4.78 is 0.706. The van der Waals surface area contributed by atoms with Crippen LogP contribution in [-0.4, -0.2) is 22.0 Å². The summed E-state index contributed by atoms with van der Waals surface area (Å²) in [6, 6.07) is 5.42. The number of aromatic nitrogens is 1. The fourth-order valence-corrected chi connectivity index (χ4v) is 2.95. The van der Waals surface area contributed by atoms with Crippen molar-refractivity contribution in [1.82, 2.24) is 4.98 Å². The zero-order chi connectivity index (χ0) is 14.7. The van der Waals surface area contributed by atoms with Gasteiger partial charge in [-0.1, -0.05) is 6.07 Å². The molecule has 0 saturated heterocycles. The number of amides is 1. The Morgan fingerprint density at radius 2 is 2.20 bits per heavy atom. The van der Waals surface area contributed by atoms with Crippen molar-refractivity contribution in [2.75, 3.05) is 5.32 Å². The smallest absolute Gasteiger partial charge is 0.309 e. The fourth-order valence-electron chi connectivity index (χ4n) is 1.57. The highest BCUT2D eigenvalue weighted by Gasteiger charge is 2.13. The van der Waals surface area contributed by atoms with Gasteiger partial charge in [-0.05, 0) is 40.5 Å². The standard InChI is InChI=1S/C13H11BrN2O3S/c1-7-2-3-9(10(14)4-7)12(19)16-13-15-8(6-20-13)5-11(17)18/h2-4,6H,5H2,1H3,(H,17,18)(H,15,16,19). The van der Waals surface area contributed by atoms with Gasteiger partial charge in [-0.25, -0.2) is 4.98 Å². The monoisotopic (exact) mass is 354 g/mol. The van der Waals surface area contributed by atoms with Crippen molar-refractivity contribution in [3.63, 3.8) is 0 Å². The summed E-state index contributed by atoms with van der Waals surface area (Å²) in [5, 5.41) is 13.3. The highest BCUT2D eigenvalue weighted by Crippen LogP contribution is 2.21. The number of carboxylic acids is 1. The molecule has 2 N–H and O–H groups in total. The number of carboxylic acid groups (broad SMARTS) is 1. The van der Waals surface area contributed by atoms with Gasteiger partial charge in [-0.3, -0.25) is 14.9 Å². The van der Waals surface area contributed by atoms with Crippen LogP contribution in [0.2, 0.25) is 0 Å². The van der Waals surface area contributed by atoms with Crippen molar-refractivity contribution < 1.29 is 14.7 Å². The van der Waals surface area contributed by atoms with Crippen LogP contribution in [0.25, 0.3) is 0 Å². The normalized spacial score (nSPS) is 10.3. The third kappa shape index (κ3) is 3.64. The van der Waals surface area contributed by atoms with Gasteiger partial charge in [0.15, 0.2) is 5.13 Å². The maximum absolute atomic E-state index is 12.1. The molecule has 0 aliphatic rings. The lowest BCUT2D eigenvalue weighted by atomic mass is 10.1. The molecule has 1 aromatic carbocycles. The van der Waals surface area contributed by atoms with Gasteiger partial charge in [0, 0.05) is 9.85 Å². The van der Waals surface area contributed by atoms with Crippen LogP contribution in [0.3, 0.4) is 0 Å². The first-order valence-electron chi connectivity index (χ1n) is 5.69. The number of thiazole rings is 1. The topological polar surface area (TPSA) is 79.3 Å². The summed E-state index contributed by atoms with van der Waals surface area (Å²) in [5.74, 6) is -1.23. The molecule has 0 radical (unpaired) electrons. The van der Waals surface area contributed by atoms with Crippen molar-refractivity contribution in [3.8, 4) is 0 Å². The zero-order valence-corrected chi connectivity index (χ0v) is 12.9. The molecule has 20 heavy (non-hydrogen) atoms. The number of anilines is 1. The first-order chi connectivity index (χ1) is 9.45. The Balaban J connectivity index is 2.11. The summed E-state index contributed by atoms with van der Waals surface area (Å²) in [6.07, 6.45) is -0.152. The number of aliphatic carboxylic acids is 1. The minimum atomic E-state index is -0.950. The Morgan fingerprint density at radius 1 is 1.45 bits per heavy atom. The van der Waals surface area contributed by atoms with E-state index >= 15 is 0 Å². The van der Waals surface area contributed by atoms with Crippen LogP contribution >= 0.6 is 27.3 Å². The lowest BCUT2D eigenvalue weighted by Crippen LogP contribution is -2.12. The Morgan fingerprint density at radius 3 is 2.85 bits per heavy atom. The molecular formula is C13H11BrN2O3S. The number of benzene rings is 1. The molecule has 0 aliphatic heterocycles. The van der Waals surface area contributed by atoms with E-state index in [-0.39, 0.29) is 12.3 Å². The van der Waals surface area contributed by atoms with Gasteiger partial charge in [-0.15, -0.1) is 11.3 Å². The quantitative estimate of drug-likeness (QED) is 0.883. The number of halogens is 1. The molecule has 0 fully saturated rings. The molecule has 0 bridgehead atoms. The molecular weight excluding hydrogens is 344 g/mol. The number of hydrogen-bond donors (Lipinski definition) is 2. The van der Waals surface area contributed by atoms with Gasteiger partial charge in [-0.2, -0.15) is 0 Å². The van der Waals surface area contributed by atoms with Gasteiger partial charge in [0.2, 0.25) is 0 Å². The van der Waals surface area contributed by atoms with Crippen LogP contribution in [0.1, 0.15) is 21.6 Å². The second-order valence-electron chi connectivity index (χ2n) is 4.15. The van der Waals surface area contributed by atoms with E-state index in [1.807, 2.05) is 19.1 Å². The second kappa shape index (κ2) is 6.15. The van der Waals surface area contributed by atoms with Gasteiger partial charge < -0.3 is 5.11 Å². The molecule has 0 saturated carbocycles. The van der Waals surface area contributed by atoms with Crippen molar-refractivity contribution in [3.05, 3.63) is 44.9 Å². The third-order valence-electron chi connectivity index (χ3n) is 2.47. The number of rotatable bonds is 4. The number of hydrogen-bond acceptors (Lipinski definition) is 4. The van der Waals surface area contributed by atoms with E-state index in [0.29, 0.717) is 20.9 Å². The van der Waals surface area contributed by atoms with Crippen LogP contribution in [0.15, 0.2) is 28.1 Å². The van der Waals surface area contributed by atoms with E-state index < -0.39 is 5.97 Å². The number of carbonyl (C=O) groups is 2. The summed E-state index contributed by atoms with van der Waals surface area (Å²) in [4.78, 5) is 26.7. The minimum absolute atomic E-state index is 0.152. The number of aryl methyl sites for hydroxylation is 1. The number of nitrogens with one attached hydrogen (secondary N) is 1. The Hall–Kier alpha value is -1.73. The van der Waals surface area contributed by atoms with E-state index in [4.69, 9.17) is 5.11 Å².